The van der Waals surface area contributed by atoms with Gasteiger partial charge in [-0.1, -0.05) is 102 Å². The fraction of sp³-hybridized carbons (Fsp3) is 0.851. The number of rotatable bonds is 32. The minimum atomic E-state index is -1.98. The highest BCUT2D eigenvalue weighted by atomic mass is 16.8. The average molecular weight is 950 g/mol. The Bertz CT molecular complexity index is 1370. The van der Waals surface area contributed by atoms with Gasteiger partial charge >= 0.3 is 0 Å². The van der Waals surface area contributed by atoms with E-state index in [0.717, 1.165) is 64.2 Å². The maximum Gasteiger partial charge on any atom is 0.220 e. The topological polar surface area (TPSA) is 307 Å². The highest BCUT2D eigenvalue weighted by Gasteiger charge is 2.53. The highest BCUT2D eigenvalue weighted by molar-refractivity contribution is 5.76. The molecular weight excluding hydrogens is 867 g/mol. The van der Waals surface area contributed by atoms with Gasteiger partial charge in [-0.25, -0.2) is 0 Å². The van der Waals surface area contributed by atoms with Gasteiger partial charge in [-0.15, -0.1) is 0 Å². The summed E-state index contributed by atoms with van der Waals surface area (Å²) in [6.07, 6.45) is 1.90. The average Bonchev–Trinajstić information content (AvgIpc) is 3.31. The zero-order chi connectivity index (χ0) is 48.4. The van der Waals surface area contributed by atoms with Gasteiger partial charge in [-0.2, -0.15) is 0 Å². The second-order valence-corrected chi connectivity index (χ2v) is 17.6. The third kappa shape index (κ3) is 19.1. The number of amides is 1. The molecule has 12 N–H and O–H groups in total. The van der Waals surface area contributed by atoms with Crippen molar-refractivity contribution in [3.05, 3.63) is 36.5 Å². The number of nitrogens with one attached hydrogen (secondary N) is 1. The Labute approximate surface area is 390 Å². The van der Waals surface area contributed by atoms with Crippen LogP contribution in [0.2, 0.25) is 0 Å². The summed E-state index contributed by atoms with van der Waals surface area (Å²) in [7, 11) is 0. The minimum Gasteiger partial charge on any atom is -0.394 e. The van der Waals surface area contributed by atoms with E-state index in [1.54, 1.807) is 12.2 Å². The first kappa shape index (κ1) is 58.3. The maximum atomic E-state index is 13.1. The third-order valence-electron chi connectivity index (χ3n) is 12.2. The van der Waals surface area contributed by atoms with Crippen molar-refractivity contribution < 1.29 is 89.4 Å². The summed E-state index contributed by atoms with van der Waals surface area (Å²) in [5.74, 6) is -0.303. The molecule has 3 fully saturated rings. The molecule has 0 aromatic rings. The molecule has 3 aliphatic rings. The van der Waals surface area contributed by atoms with Crippen LogP contribution < -0.4 is 5.32 Å². The Morgan fingerprint density at radius 3 is 1.56 bits per heavy atom. The van der Waals surface area contributed by atoms with Gasteiger partial charge in [0.05, 0.1) is 38.6 Å². The van der Waals surface area contributed by atoms with Gasteiger partial charge in [-0.3, -0.25) is 4.79 Å². The summed E-state index contributed by atoms with van der Waals surface area (Å²) in [5, 5.41) is 119. The molecule has 3 saturated heterocycles. The molecule has 66 heavy (non-hydrogen) atoms. The van der Waals surface area contributed by atoms with Crippen LogP contribution in [-0.2, 0) is 33.2 Å². The summed E-state index contributed by atoms with van der Waals surface area (Å²) < 4.78 is 34.0. The fourth-order valence-corrected chi connectivity index (χ4v) is 8.01. The van der Waals surface area contributed by atoms with Crippen LogP contribution in [0.4, 0.5) is 0 Å². The van der Waals surface area contributed by atoms with Crippen molar-refractivity contribution >= 4 is 5.91 Å². The van der Waals surface area contributed by atoms with E-state index in [-0.39, 0.29) is 18.9 Å². The molecule has 0 bridgehead atoms. The highest BCUT2D eigenvalue weighted by Crippen LogP contribution is 2.33. The molecule has 17 unspecified atom stereocenters. The molecular formula is C47H83NO18. The quantitative estimate of drug-likeness (QED) is 0.0325. The number of hydrogen-bond acceptors (Lipinski definition) is 18. The number of carbonyl (C=O) groups excluding carboxylic acids is 1. The first-order chi connectivity index (χ1) is 31.8. The van der Waals surface area contributed by atoms with Gasteiger partial charge in [-0.05, 0) is 51.4 Å². The maximum absolute atomic E-state index is 13.1. The lowest BCUT2D eigenvalue weighted by Crippen LogP contribution is -2.66. The van der Waals surface area contributed by atoms with Crippen molar-refractivity contribution in [2.45, 2.75) is 227 Å². The lowest BCUT2D eigenvalue weighted by molar-refractivity contribution is -0.379. The zero-order valence-electron chi connectivity index (χ0n) is 38.9. The number of allylic oxidation sites excluding steroid dienone is 5. The molecule has 1 amide bonds. The number of aliphatic hydroxyl groups is 11. The van der Waals surface area contributed by atoms with Crippen molar-refractivity contribution in [3.63, 3.8) is 0 Å². The molecule has 3 aliphatic heterocycles. The summed E-state index contributed by atoms with van der Waals surface area (Å²) >= 11 is 0. The molecule has 17 atom stereocenters. The van der Waals surface area contributed by atoms with Gasteiger partial charge in [0.15, 0.2) is 18.9 Å². The summed E-state index contributed by atoms with van der Waals surface area (Å²) in [4.78, 5) is 13.1. The number of aliphatic hydroxyl groups excluding tert-OH is 11. The molecule has 384 valence electrons. The SMILES string of the molecule is CCCC/C=C/CC/C=C/C(O)C(COC1OC(CO)C(OC2OC(CO)C(OC3OC(CO)C(O)C(O)C3O)C(O)C2O)C(O)C1O)NC(=O)CCCCCCC/C=C\CCCCCC. The number of ether oxygens (including phenoxy) is 6. The fourth-order valence-electron chi connectivity index (χ4n) is 8.01. The van der Waals surface area contributed by atoms with E-state index in [1.165, 1.54) is 25.7 Å². The third-order valence-corrected chi connectivity index (χ3v) is 12.2. The van der Waals surface area contributed by atoms with Crippen LogP contribution in [0.5, 0.6) is 0 Å². The van der Waals surface area contributed by atoms with Gasteiger partial charge in [0.2, 0.25) is 5.91 Å². The predicted molar refractivity (Wildman–Crippen MR) is 240 cm³/mol. The largest absolute Gasteiger partial charge is 0.394 e. The lowest BCUT2D eigenvalue weighted by Gasteiger charge is -2.48. The van der Waals surface area contributed by atoms with Crippen LogP contribution >= 0.6 is 0 Å². The van der Waals surface area contributed by atoms with Gasteiger partial charge in [0, 0.05) is 6.42 Å². The van der Waals surface area contributed by atoms with Crippen molar-refractivity contribution in [2.75, 3.05) is 26.4 Å². The van der Waals surface area contributed by atoms with Gasteiger partial charge in [0.25, 0.3) is 0 Å². The minimum absolute atomic E-state index is 0.224. The molecule has 0 aromatic carbocycles. The Kier molecular flexibility index (Phi) is 28.9. The van der Waals surface area contributed by atoms with Crippen molar-refractivity contribution in [1.29, 1.82) is 0 Å². The summed E-state index contributed by atoms with van der Waals surface area (Å²) in [6, 6.07) is -0.988. The smallest absolute Gasteiger partial charge is 0.220 e. The second-order valence-electron chi connectivity index (χ2n) is 17.6. The summed E-state index contributed by atoms with van der Waals surface area (Å²) in [5.41, 5.74) is 0. The van der Waals surface area contributed by atoms with Crippen molar-refractivity contribution in [3.8, 4) is 0 Å². The molecule has 19 heteroatoms. The van der Waals surface area contributed by atoms with E-state index in [4.69, 9.17) is 28.4 Å². The van der Waals surface area contributed by atoms with E-state index in [2.05, 4.69) is 43.5 Å². The van der Waals surface area contributed by atoms with Crippen LogP contribution in [0.1, 0.15) is 123 Å². The molecule has 0 spiro atoms. The Morgan fingerprint density at radius 1 is 0.530 bits per heavy atom. The van der Waals surface area contributed by atoms with E-state index in [0.29, 0.717) is 12.8 Å². The molecule has 3 heterocycles. The van der Waals surface area contributed by atoms with Crippen LogP contribution in [0.15, 0.2) is 36.5 Å². The number of unbranched alkanes of at least 4 members (excludes halogenated alkanes) is 12. The number of carbonyl (C=O) groups is 1. The Hall–Kier alpha value is -1.99. The first-order valence-corrected chi connectivity index (χ1v) is 24.2. The Morgan fingerprint density at radius 2 is 0.985 bits per heavy atom. The van der Waals surface area contributed by atoms with E-state index in [9.17, 15) is 61.0 Å². The van der Waals surface area contributed by atoms with Crippen LogP contribution in [-0.4, -0.2) is 193 Å². The molecule has 0 aliphatic carbocycles. The molecule has 3 rings (SSSR count). The van der Waals surface area contributed by atoms with E-state index >= 15 is 0 Å². The normalized spacial score (nSPS) is 34.1. The molecule has 0 radical (unpaired) electrons. The Balaban J connectivity index is 1.58. The van der Waals surface area contributed by atoms with Gasteiger partial charge in [0.1, 0.15) is 73.2 Å². The van der Waals surface area contributed by atoms with Gasteiger partial charge < -0.3 is 89.9 Å². The van der Waals surface area contributed by atoms with Crippen LogP contribution in [0.25, 0.3) is 0 Å². The molecule has 0 saturated carbocycles. The molecule has 19 nitrogen and oxygen atoms in total. The van der Waals surface area contributed by atoms with E-state index < -0.39 is 124 Å². The monoisotopic (exact) mass is 950 g/mol. The second kappa shape index (κ2) is 32.8. The predicted octanol–water partition coefficient (Wildman–Crippen LogP) is 0.637. The van der Waals surface area contributed by atoms with Crippen LogP contribution in [0, 0.1) is 0 Å². The van der Waals surface area contributed by atoms with Crippen molar-refractivity contribution in [1.82, 2.24) is 5.32 Å². The standard InChI is InChI=1S/C47H83NO18/c1-3-5-7-9-11-13-14-15-16-17-19-21-23-25-35(53)48-30(31(52)24-22-20-18-12-10-8-6-4-2)29-61-45-41(59)38(56)43(33(27-50)63-45)66-47-42(60)39(57)44(34(28-51)64-47)65-46-40(58)37(55)36(54)32(26-49)62-46/h10,12-14,22,24,30-34,36-47,49-52,54-60H,3-9,11,15-21,23,25-29H2,1-2H3,(H,48,53)/b12-10+,14-13-,24-22+. The van der Waals surface area contributed by atoms with E-state index in [1.807, 2.05) is 0 Å². The molecule has 0 aromatic heterocycles. The zero-order valence-corrected chi connectivity index (χ0v) is 38.9. The first-order valence-electron chi connectivity index (χ1n) is 24.2. The number of hydrogen-bond donors (Lipinski definition) is 12. The lowest BCUT2D eigenvalue weighted by atomic mass is 9.96. The summed E-state index contributed by atoms with van der Waals surface area (Å²) in [6.45, 7) is 1.53. The van der Waals surface area contributed by atoms with Crippen LogP contribution in [0.3, 0.4) is 0 Å². The van der Waals surface area contributed by atoms with Crippen molar-refractivity contribution in [2.24, 2.45) is 0 Å².